The molecule has 0 radical (unpaired) electrons. The molecule has 1 saturated heterocycles. The normalized spacial score (nSPS) is 15.9. The summed E-state index contributed by atoms with van der Waals surface area (Å²) in [4.78, 5) is 30.3. The van der Waals surface area contributed by atoms with Gasteiger partial charge in [0.25, 0.3) is 0 Å². The topological polar surface area (TPSA) is 100 Å². The van der Waals surface area contributed by atoms with Crippen LogP contribution in [0, 0.1) is 5.92 Å². The van der Waals surface area contributed by atoms with Gasteiger partial charge in [-0.1, -0.05) is 13.8 Å². The minimum absolute atomic E-state index is 0.0274. The van der Waals surface area contributed by atoms with Gasteiger partial charge in [0.2, 0.25) is 11.8 Å². The molecule has 7 heteroatoms. The molecule has 1 aromatic rings. The number of hydrogen-bond donors (Lipinski definition) is 3. The van der Waals surface area contributed by atoms with Gasteiger partial charge in [-0.15, -0.1) is 0 Å². The average Bonchev–Trinajstić information content (AvgIpc) is 2.60. The SMILES string of the molecule is CC(C)[C@H](N)C(=O)NCC(=O)Nc1ccc(N2CCCCC2)nc1. The molecule has 0 aromatic carbocycles. The minimum atomic E-state index is -0.608. The number of nitrogens with two attached hydrogens (primary N) is 1. The fourth-order valence-electron chi connectivity index (χ4n) is 2.56. The first kappa shape index (κ1) is 18.2. The highest BCUT2D eigenvalue weighted by molar-refractivity contribution is 5.95. The largest absolute Gasteiger partial charge is 0.357 e. The lowest BCUT2D eigenvalue weighted by Crippen LogP contribution is -2.46. The summed E-state index contributed by atoms with van der Waals surface area (Å²) in [6, 6.07) is 3.13. The summed E-state index contributed by atoms with van der Waals surface area (Å²) >= 11 is 0. The van der Waals surface area contributed by atoms with Gasteiger partial charge < -0.3 is 21.3 Å². The van der Waals surface area contributed by atoms with Crippen molar-refractivity contribution in [2.45, 2.75) is 39.2 Å². The van der Waals surface area contributed by atoms with Gasteiger partial charge in [-0.05, 0) is 37.3 Å². The number of piperidine rings is 1. The molecule has 1 aliphatic heterocycles. The molecule has 1 aliphatic rings. The Hall–Kier alpha value is -2.15. The van der Waals surface area contributed by atoms with Crippen molar-refractivity contribution in [2.24, 2.45) is 11.7 Å². The van der Waals surface area contributed by atoms with Crippen LogP contribution in [0.15, 0.2) is 18.3 Å². The number of aromatic nitrogens is 1. The van der Waals surface area contributed by atoms with Crippen LogP contribution in [0.3, 0.4) is 0 Å². The van der Waals surface area contributed by atoms with E-state index in [0.717, 1.165) is 18.9 Å². The Morgan fingerprint density at radius 3 is 2.54 bits per heavy atom. The van der Waals surface area contributed by atoms with E-state index in [2.05, 4.69) is 20.5 Å². The molecule has 2 rings (SSSR count). The monoisotopic (exact) mass is 333 g/mol. The van der Waals surface area contributed by atoms with Crippen molar-refractivity contribution in [2.75, 3.05) is 29.9 Å². The van der Waals surface area contributed by atoms with Crippen LogP contribution in [-0.2, 0) is 9.59 Å². The molecule has 0 aliphatic carbocycles. The van der Waals surface area contributed by atoms with E-state index < -0.39 is 6.04 Å². The quantitative estimate of drug-likeness (QED) is 0.724. The Labute approximate surface area is 143 Å². The van der Waals surface area contributed by atoms with E-state index in [4.69, 9.17) is 5.73 Å². The van der Waals surface area contributed by atoms with Crippen molar-refractivity contribution >= 4 is 23.3 Å². The molecule has 0 unspecified atom stereocenters. The third kappa shape index (κ3) is 5.19. The third-order valence-electron chi connectivity index (χ3n) is 4.16. The molecule has 7 nitrogen and oxygen atoms in total. The van der Waals surface area contributed by atoms with Crippen molar-refractivity contribution < 1.29 is 9.59 Å². The van der Waals surface area contributed by atoms with Gasteiger partial charge in [0.15, 0.2) is 0 Å². The second kappa shape index (κ2) is 8.63. The van der Waals surface area contributed by atoms with Crippen molar-refractivity contribution in [3.63, 3.8) is 0 Å². The number of anilines is 2. The molecule has 0 bridgehead atoms. The molecule has 2 heterocycles. The van der Waals surface area contributed by atoms with Crippen LogP contribution in [0.4, 0.5) is 11.5 Å². The number of amides is 2. The van der Waals surface area contributed by atoms with Crippen LogP contribution in [0.1, 0.15) is 33.1 Å². The zero-order valence-corrected chi connectivity index (χ0v) is 14.4. The number of pyridine rings is 1. The van der Waals surface area contributed by atoms with Crippen LogP contribution in [-0.4, -0.2) is 42.5 Å². The van der Waals surface area contributed by atoms with Crippen molar-refractivity contribution in [1.29, 1.82) is 0 Å². The van der Waals surface area contributed by atoms with Gasteiger partial charge in [0.05, 0.1) is 24.5 Å². The summed E-state index contributed by atoms with van der Waals surface area (Å²) in [7, 11) is 0. The third-order valence-corrected chi connectivity index (χ3v) is 4.16. The van der Waals surface area contributed by atoms with E-state index in [-0.39, 0.29) is 24.3 Å². The Kier molecular flexibility index (Phi) is 6.54. The lowest BCUT2D eigenvalue weighted by atomic mass is 10.1. The lowest BCUT2D eigenvalue weighted by molar-refractivity contribution is -0.125. The van der Waals surface area contributed by atoms with E-state index in [1.807, 2.05) is 26.0 Å². The highest BCUT2D eigenvalue weighted by Crippen LogP contribution is 2.18. The summed E-state index contributed by atoms with van der Waals surface area (Å²) in [6.45, 7) is 5.68. The molecule has 1 fully saturated rings. The van der Waals surface area contributed by atoms with Gasteiger partial charge >= 0.3 is 0 Å². The number of carbonyl (C=O) groups excluding carboxylic acids is 2. The fourth-order valence-corrected chi connectivity index (χ4v) is 2.56. The average molecular weight is 333 g/mol. The maximum absolute atomic E-state index is 11.9. The second-order valence-corrected chi connectivity index (χ2v) is 6.49. The van der Waals surface area contributed by atoms with E-state index >= 15 is 0 Å². The minimum Gasteiger partial charge on any atom is -0.357 e. The maximum Gasteiger partial charge on any atom is 0.243 e. The van der Waals surface area contributed by atoms with E-state index in [0.29, 0.717) is 5.69 Å². The number of nitrogens with zero attached hydrogens (tertiary/aromatic N) is 2. The number of carbonyl (C=O) groups is 2. The lowest BCUT2D eigenvalue weighted by Gasteiger charge is -2.27. The molecule has 1 atom stereocenters. The zero-order chi connectivity index (χ0) is 17.5. The molecule has 2 amide bonds. The molecule has 24 heavy (non-hydrogen) atoms. The van der Waals surface area contributed by atoms with Crippen molar-refractivity contribution in [1.82, 2.24) is 10.3 Å². The Bertz CT molecular complexity index is 553. The van der Waals surface area contributed by atoms with Crippen molar-refractivity contribution in [3.8, 4) is 0 Å². The van der Waals surface area contributed by atoms with Gasteiger partial charge in [-0.25, -0.2) is 4.98 Å². The smallest absolute Gasteiger partial charge is 0.243 e. The summed E-state index contributed by atoms with van der Waals surface area (Å²) < 4.78 is 0. The van der Waals surface area contributed by atoms with Gasteiger partial charge in [0.1, 0.15) is 5.82 Å². The van der Waals surface area contributed by atoms with E-state index in [1.54, 1.807) is 6.20 Å². The first-order valence-electron chi connectivity index (χ1n) is 8.51. The first-order valence-corrected chi connectivity index (χ1v) is 8.51. The first-order chi connectivity index (χ1) is 11.5. The molecule has 1 aromatic heterocycles. The molecule has 4 N–H and O–H groups in total. The van der Waals surface area contributed by atoms with Crippen LogP contribution in [0.25, 0.3) is 0 Å². The van der Waals surface area contributed by atoms with Crippen LogP contribution in [0.5, 0.6) is 0 Å². The Balaban J connectivity index is 1.80. The molecular formula is C17H27N5O2. The highest BCUT2D eigenvalue weighted by atomic mass is 16.2. The molecule has 0 spiro atoms. The van der Waals surface area contributed by atoms with Gasteiger partial charge in [-0.2, -0.15) is 0 Å². The molecule has 0 saturated carbocycles. The molecular weight excluding hydrogens is 306 g/mol. The van der Waals surface area contributed by atoms with E-state index in [9.17, 15) is 9.59 Å². The number of hydrogen-bond acceptors (Lipinski definition) is 5. The van der Waals surface area contributed by atoms with Crippen molar-refractivity contribution in [3.05, 3.63) is 18.3 Å². The van der Waals surface area contributed by atoms with Crippen LogP contribution >= 0.6 is 0 Å². The second-order valence-electron chi connectivity index (χ2n) is 6.49. The maximum atomic E-state index is 11.9. The van der Waals surface area contributed by atoms with Crippen LogP contribution in [0.2, 0.25) is 0 Å². The summed E-state index contributed by atoms with van der Waals surface area (Å²) in [5, 5.41) is 5.26. The van der Waals surface area contributed by atoms with Gasteiger partial charge in [0, 0.05) is 13.1 Å². The predicted octanol–water partition coefficient (Wildman–Crippen LogP) is 1.11. The number of nitrogens with one attached hydrogen (secondary N) is 2. The zero-order valence-electron chi connectivity index (χ0n) is 14.4. The fraction of sp³-hybridized carbons (Fsp3) is 0.588. The Morgan fingerprint density at radius 2 is 1.96 bits per heavy atom. The highest BCUT2D eigenvalue weighted by Gasteiger charge is 2.17. The predicted molar refractivity (Wildman–Crippen MR) is 94.8 cm³/mol. The summed E-state index contributed by atoms with van der Waals surface area (Å²) in [5.41, 5.74) is 6.34. The summed E-state index contributed by atoms with van der Waals surface area (Å²) in [5.74, 6) is 0.342. The Morgan fingerprint density at radius 1 is 1.25 bits per heavy atom. The number of rotatable bonds is 6. The standard InChI is InChI=1S/C17H27N5O2/c1-12(2)16(18)17(24)20-11-15(23)21-13-6-7-14(19-10-13)22-8-4-3-5-9-22/h6-7,10,12,16H,3-5,8-9,11,18H2,1-2H3,(H,20,24)(H,21,23)/t16-/m0/s1. The van der Waals surface area contributed by atoms with Crippen LogP contribution < -0.4 is 21.3 Å². The summed E-state index contributed by atoms with van der Waals surface area (Å²) in [6.07, 6.45) is 5.30. The van der Waals surface area contributed by atoms with Gasteiger partial charge in [-0.3, -0.25) is 9.59 Å². The molecule has 132 valence electrons. The van der Waals surface area contributed by atoms with E-state index in [1.165, 1.54) is 19.3 Å².